The van der Waals surface area contributed by atoms with Crippen LogP contribution in [-0.4, -0.2) is 31.8 Å². The molecule has 3 rings (SSSR count). The highest BCUT2D eigenvalue weighted by molar-refractivity contribution is 7.91. The third kappa shape index (κ3) is 4.59. The van der Waals surface area contributed by atoms with E-state index in [1.807, 2.05) is 11.5 Å². The van der Waals surface area contributed by atoms with Crippen molar-refractivity contribution in [3.05, 3.63) is 52.3 Å². The van der Waals surface area contributed by atoms with Gasteiger partial charge in [0, 0.05) is 13.0 Å². The number of methoxy groups -OCH3 is 1. The molecule has 0 aliphatic heterocycles. The Hall–Kier alpha value is -2.45. The summed E-state index contributed by atoms with van der Waals surface area (Å²) in [7, 11) is -2.05. The molecule has 3 aromatic rings. The average Bonchev–Trinajstić information content (AvgIpc) is 3.02. The first-order chi connectivity index (χ1) is 13.7. The predicted octanol–water partition coefficient (Wildman–Crippen LogP) is 3.64. The lowest BCUT2D eigenvalue weighted by atomic mass is 10.1. The predicted molar refractivity (Wildman–Crippen MR) is 115 cm³/mol. The number of benzene rings is 2. The Morgan fingerprint density at radius 3 is 2.41 bits per heavy atom. The van der Waals surface area contributed by atoms with Crippen molar-refractivity contribution in [2.45, 2.75) is 38.6 Å². The Morgan fingerprint density at radius 1 is 1.14 bits per heavy atom. The van der Waals surface area contributed by atoms with Gasteiger partial charge in [-0.25, -0.2) is 8.42 Å². The third-order valence-corrected chi connectivity index (χ3v) is 7.61. The van der Waals surface area contributed by atoms with Crippen LogP contribution in [0.15, 0.2) is 46.3 Å². The Kier molecular flexibility index (Phi) is 6.24. The lowest BCUT2D eigenvalue weighted by Gasteiger charge is -2.05. The van der Waals surface area contributed by atoms with Gasteiger partial charge in [-0.05, 0) is 68.3 Å². The highest BCUT2D eigenvalue weighted by Crippen LogP contribution is 2.22. The Labute approximate surface area is 174 Å². The first kappa shape index (κ1) is 21.3. The van der Waals surface area contributed by atoms with Gasteiger partial charge < -0.3 is 9.30 Å². The van der Waals surface area contributed by atoms with Gasteiger partial charge in [-0.1, -0.05) is 11.3 Å². The smallest absolute Gasteiger partial charge is 0.249 e. The van der Waals surface area contributed by atoms with E-state index in [0.29, 0.717) is 17.1 Å². The first-order valence-corrected chi connectivity index (χ1v) is 11.8. The Bertz CT molecular complexity index is 1220. The molecule has 0 atom stereocenters. The van der Waals surface area contributed by atoms with Crippen molar-refractivity contribution < 1.29 is 17.9 Å². The summed E-state index contributed by atoms with van der Waals surface area (Å²) in [5, 5.41) is 0. The summed E-state index contributed by atoms with van der Waals surface area (Å²) in [6.07, 6.45) is -0.162. The van der Waals surface area contributed by atoms with Gasteiger partial charge in [-0.2, -0.15) is 4.99 Å². The molecule has 0 spiro atoms. The summed E-state index contributed by atoms with van der Waals surface area (Å²) < 4.78 is 33.1. The minimum Gasteiger partial charge on any atom is -0.497 e. The second kappa shape index (κ2) is 8.51. The number of hydrogen-bond acceptors (Lipinski definition) is 5. The van der Waals surface area contributed by atoms with Gasteiger partial charge in [-0.15, -0.1) is 0 Å². The van der Waals surface area contributed by atoms with Gasteiger partial charge in [0.2, 0.25) is 5.91 Å². The minimum absolute atomic E-state index is 0.162. The van der Waals surface area contributed by atoms with Gasteiger partial charge in [-0.3, -0.25) is 4.79 Å². The molecule has 2 aromatic carbocycles. The second-order valence-electron chi connectivity index (χ2n) is 6.78. The van der Waals surface area contributed by atoms with E-state index in [0.717, 1.165) is 10.2 Å². The number of sulfone groups is 1. The average molecular weight is 433 g/mol. The number of nitrogens with zero attached hydrogens (tertiary/aromatic N) is 2. The van der Waals surface area contributed by atoms with Crippen molar-refractivity contribution in [2.75, 3.05) is 12.9 Å². The maximum Gasteiger partial charge on any atom is 0.249 e. The molecule has 154 valence electrons. The van der Waals surface area contributed by atoms with E-state index in [9.17, 15) is 13.2 Å². The standard InChI is InChI=1S/C21H24N2O4S2/c1-5-23-18-12-14(2)15(3)13-19(18)28-21(23)22-20(24)10-11-29(25,26)17-8-6-16(27-4)7-9-17/h6-9,12-13H,5,10-11H2,1-4H3. The summed E-state index contributed by atoms with van der Waals surface area (Å²) in [6.45, 7) is 6.78. The highest BCUT2D eigenvalue weighted by atomic mass is 32.2. The molecule has 1 aromatic heterocycles. The molecule has 6 nitrogen and oxygen atoms in total. The maximum atomic E-state index is 12.5. The number of thiazole rings is 1. The lowest BCUT2D eigenvalue weighted by Crippen LogP contribution is -2.17. The number of carbonyl (C=O) groups excluding carboxylic acids is 1. The summed E-state index contributed by atoms with van der Waals surface area (Å²) in [6, 6.07) is 10.3. The quantitative estimate of drug-likeness (QED) is 0.596. The van der Waals surface area contributed by atoms with Crippen LogP contribution < -0.4 is 9.54 Å². The molecular weight excluding hydrogens is 408 g/mol. The second-order valence-corrected chi connectivity index (χ2v) is 9.90. The Morgan fingerprint density at radius 2 is 1.79 bits per heavy atom. The molecule has 0 aliphatic rings. The molecular formula is C21H24N2O4S2. The number of amides is 1. The number of hydrogen-bond donors (Lipinski definition) is 0. The SMILES string of the molecule is CCn1c(=NC(=O)CCS(=O)(=O)c2ccc(OC)cc2)sc2cc(C)c(C)cc21. The lowest BCUT2D eigenvalue weighted by molar-refractivity contribution is -0.117. The van der Waals surface area contributed by atoms with E-state index in [1.165, 1.54) is 41.7 Å². The fourth-order valence-corrected chi connectivity index (χ4v) is 5.42. The molecule has 1 heterocycles. The van der Waals surface area contributed by atoms with Crippen molar-refractivity contribution in [3.8, 4) is 5.75 Å². The number of fused-ring (bicyclic) bond motifs is 1. The van der Waals surface area contributed by atoms with Crippen LogP contribution in [0.1, 0.15) is 24.5 Å². The van der Waals surface area contributed by atoms with Crippen LogP contribution in [-0.2, 0) is 21.2 Å². The van der Waals surface area contributed by atoms with Crippen molar-refractivity contribution in [1.29, 1.82) is 0 Å². The summed E-state index contributed by atoms with van der Waals surface area (Å²) in [5.41, 5.74) is 3.41. The van der Waals surface area contributed by atoms with Crippen molar-refractivity contribution in [2.24, 2.45) is 4.99 Å². The van der Waals surface area contributed by atoms with E-state index in [2.05, 4.69) is 31.0 Å². The van der Waals surface area contributed by atoms with E-state index in [-0.39, 0.29) is 17.1 Å². The van der Waals surface area contributed by atoms with Crippen LogP contribution in [0.4, 0.5) is 0 Å². The molecule has 29 heavy (non-hydrogen) atoms. The molecule has 8 heteroatoms. The summed E-state index contributed by atoms with van der Waals surface area (Å²) >= 11 is 1.45. The molecule has 0 unspecified atom stereocenters. The molecule has 0 aliphatic carbocycles. The van der Waals surface area contributed by atoms with Gasteiger partial charge in [0.05, 0.1) is 28.0 Å². The highest BCUT2D eigenvalue weighted by Gasteiger charge is 2.17. The first-order valence-electron chi connectivity index (χ1n) is 9.30. The van der Waals surface area contributed by atoms with Crippen molar-refractivity contribution >= 4 is 37.3 Å². The van der Waals surface area contributed by atoms with Crippen LogP contribution >= 0.6 is 11.3 Å². The summed E-state index contributed by atoms with van der Waals surface area (Å²) in [4.78, 5) is 17.4. The number of rotatable bonds is 6. The largest absolute Gasteiger partial charge is 0.497 e. The van der Waals surface area contributed by atoms with E-state index in [4.69, 9.17) is 4.74 Å². The molecule has 1 amide bonds. The number of ether oxygens (including phenoxy) is 1. The molecule has 0 fully saturated rings. The van der Waals surface area contributed by atoms with Crippen LogP contribution in [0.3, 0.4) is 0 Å². The zero-order valence-corrected chi connectivity index (χ0v) is 18.6. The third-order valence-electron chi connectivity index (χ3n) is 4.84. The molecule has 0 bridgehead atoms. The normalized spacial score (nSPS) is 12.5. The number of aryl methyl sites for hydroxylation is 3. The van der Waals surface area contributed by atoms with E-state index < -0.39 is 15.7 Å². The Balaban J connectivity index is 1.83. The van der Waals surface area contributed by atoms with Gasteiger partial charge >= 0.3 is 0 Å². The minimum atomic E-state index is -3.56. The van der Waals surface area contributed by atoms with Crippen molar-refractivity contribution in [3.63, 3.8) is 0 Å². The van der Waals surface area contributed by atoms with Crippen LogP contribution in [0.5, 0.6) is 5.75 Å². The molecule has 0 saturated carbocycles. The monoisotopic (exact) mass is 432 g/mol. The fraction of sp³-hybridized carbons (Fsp3) is 0.333. The summed E-state index contributed by atoms with van der Waals surface area (Å²) in [5.74, 6) is -0.143. The van der Waals surface area contributed by atoms with Crippen LogP contribution in [0.2, 0.25) is 0 Å². The van der Waals surface area contributed by atoms with Crippen molar-refractivity contribution in [1.82, 2.24) is 4.57 Å². The fourth-order valence-electron chi connectivity index (χ4n) is 3.00. The zero-order valence-electron chi connectivity index (χ0n) is 16.9. The molecule has 0 saturated heterocycles. The van der Waals surface area contributed by atoms with Crippen LogP contribution in [0, 0.1) is 13.8 Å². The van der Waals surface area contributed by atoms with E-state index in [1.54, 1.807) is 12.1 Å². The number of aromatic nitrogens is 1. The topological polar surface area (TPSA) is 77.7 Å². The maximum absolute atomic E-state index is 12.5. The number of carbonyl (C=O) groups is 1. The van der Waals surface area contributed by atoms with Crippen LogP contribution in [0.25, 0.3) is 10.2 Å². The van der Waals surface area contributed by atoms with Gasteiger partial charge in [0.25, 0.3) is 0 Å². The van der Waals surface area contributed by atoms with Gasteiger partial charge in [0.15, 0.2) is 14.6 Å². The molecule has 0 radical (unpaired) electrons. The van der Waals surface area contributed by atoms with Gasteiger partial charge in [0.1, 0.15) is 5.75 Å². The van der Waals surface area contributed by atoms with E-state index >= 15 is 0 Å². The molecule has 0 N–H and O–H groups in total. The zero-order chi connectivity index (χ0) is 21.2.